The monoisotopic (exact) mass is 567 g/mol. The van der Waals surface area contributed by atoms with E-state index in [-0.39, 0.29) is 29.3 Å². The highest BCUT2D eigenvalue weighted by Crippen LogP contribution is 2.29. The molecule has 2 atom stereocenters. The number of rotatable bonds is 7. The number of benzene rings is 1. The number of hydrogen-bond donors (Lipinski definition) is 2. The molecule has 1 saturated heterocycles. The SMILES string of the molecule is COc1cc(S(C)(=O)=O)ccc1NCC#Cc1cc(N[C@H]2CCN(C)C[C@@H]2F)c2ncc(CC(F)(F)F)n2c1. The van der Waals surface area contributed by atoms with Crippen LogP contribution >= 0.6 is 0 Å². The fourth-order valence-electron chi connectivity index (χ4n) is 4.40. The Morgan fingerprint density at radius 2 is 2.00 bits per heavy atom. The summed E-state index contributed by atoms with van der Waals surface area (Å²) in [5, 5.41) is 6.19. The zero-order valence-corrected chi connectivity index (χ0v) is 22.5. The van der Waals surface area contributed by atoms with Crippen LogP contribution in [0.1, 0.15) is 17.7 Å². The molecule has 39 heavy (non-hydrogen) atoms. The topological polar surface area (TPSA) is 88.0 Å². The second-order valence-electron chi connectivity index (χ2n) is 9.48. The van der Waals surface area contributed by atoms with E-state index in [1.165, 1.54) is 36.0 Å². The van der Waals surface area contributed by atoms with Gasteiger partial charge >= 0.3 is 6.18 Å². The number of ether oxygens (including phenoxy) is 1. The van der Waals surface area contributed by atoms with E-state index in [9.17, 15) is 26.0 Å². The van der Waals surface area contributed by atoms with Crippen LogP contribution in [0.5, 0.6) is 5.75 Å². The highest BCUT2D eigenvalue weighted by molar-refractivity contribution is 7.90. The van der Waals surface area contributed by atoms with Crippen LogP contribution in [0.4, 0.5) is 28.9 Å². The Kier molecular flexibility index (Phi) is 8.27. The molecule has 0 radical (unpaired) electrons. The van der Waals surface area contributed by atoms with E-state index in [1.54, 1.807) is 12.1 Å². The third-order valence-electron chi connectivity index (χ3n) is 6.35. The first-order valence-corrected chi connectivity index (χ1v) is 14.0. The molecule has 0 aliphatic carbocycles. The van der Waals surface area contributed by atoms with E-state index in [4.69, 9.17) is 4.74 Å². The summed E-state index contributed by atoms with van der Waals surface area (Å²) < 4.78 is 84.4. The Labute approximate surface area is 224 Å². The largest absolute Gasteiger partial charge is 0.495 e. The first-order chi connectivity index (χ1) is 18.3. The summed E-state index contributed by atoms with van der Waals surface area (Å²) in [5.74, 6) is 6.17. The van der Waals surface area contributed by atoms with Crippen LogP contribution in [0.15, 0.2) is 41.6 Å². The second-order valence-corrected chi connectivity index (χ2v) is 11.5. The average Bonchev–Trinajstić information content (AvgIpc) is 3.24. The first-order valence-electron chi connectivity index (χ1n) is 12.1. The summed E-state index contributed by atoms with van der Waals surface area (Å²) in [6.07, 6.45) is -2.49. The maximum Gasteiger partial charge on any atom is 0.394 e. The third kappa shape index (κ3) is 7.13. The molecule has 3 aromatic rings. The number of likely N-dealkylation sites (tertiary alicyclic amines) is 1. The minimum atomic E-state index is -4.43. The molecule has 13 heteroatoms. The first kappa shape index (κ1) is 28.5. The third-order valence-corrected chi connectivity index (χ3v) is 7.46. The summed E-state index contributed by atoms with van der Waals surface area (Å²) in [4.78, 5) is 6.17. The standard InChI is InChI=1S/C26H29F4N5O3S/c1-34-10-8-21(20(27)16-34)33-23-11-17(15-35-18(13-26(28,29)30)14-32-25(23)35)5-4-9-31-22-7-6-19(39(3,36)37)12-24(22)38-2/h6-7,11-12,14-15,20-21,31,33H,8-10,13,16H2,1-3H3/t20-,21-/m0/s1. The van der Waals surface area contributed by atoms with E-state index < -0.39 is 34.6 Å². The van der Waals surface area contributed by atoms with Crippen LogP contribution in [0.2, 0.25) is 0 Å². The van der Waals surface area contributed by atoms with Gasteiger partial charge in [-0.25, -0.2) is 17.8 Å². The maximum absolute atomic E-state index is 14.7. The minimum Gasteiger partial charge on any atom is -0.495 e. The van der Waals surface area contributed by atoms with Crippen molar-refractivity contribution in [3.05, 3.63) is 47.9 Å². The Bertz CT molecular complexity index is 1510. The lowest BCUT2D eigenvalue weighted by Crippen LogP contribution is -2.46. The lowest BCUT2D eigenvalue weighted by Gasteiger charge is -2.33. The van der Waals surface area contributed by atoms with Crippen LogP contribution in [-0.2, 0) is 16.3 Å². The average molecular weight is 568 g/mol. The van der Waals surface area contributed by atoms with Crippen LogP contribution < -0.4 is 15.4 Å². The number of nitrogens with zero attached hydrogens (tertiary/aromatic N) is 3. The van der Waals surface area contributed by atoms with Crippen molar-refractivity contribution < 1.29 is 30.7 Å². The molecule has 210 valence electrons. The van der Waals surface area contributed by atoms with Crippen LogP contribution in [-0.4, -0.2) is 81.1 Å². The molecule has 1 aromatic carbocycles. The normalized spacial score (nSPS) is 18.4. The number of nitrogens with one attached hydrogen (secondary N) is 2. The number of sulfone groups is 1. The Morgan fingerprint density at radius 3 is 2.67 bits per heavy atom. The summed E-state index contributed by atoms with van der Waals surface area (Å²) in [7, 11) is -0.161. The fraction of sp³-hybridized carbons (Fsp3) is 0.423. The lowest BCUT2D eigenvalue weighted by molar-refractivity contribution is -0.127. The molecule has 0 unspecified atom stereocenters. The van der Waals surface area contributed by atoms with Gasteiger partial charge in [-0.15, -0.1) is 0 Å². The number of aromatic nitrogens is 2. The molecule has 8 nitrogen and oxygen atoms in total. The lowest BCUT2D eigenvalue weighted by atomic mass is 10.0. The van der Waals surface area contributed by atoms with Gasteiger partial charge in [-0.05, 0) is 31.7 Å². The van der Waals surface area contributed by atoms with E-state index >= 15 is 0 Å². The van der Waals surface area contributed by atoms with Crippen LogP contribution in [0, 0.1) is 11.8 Å². The predicted octanol–water partition coefficient (Wildman–Crippen LogP) is 3.77. The number of piperidine rings is 1. The molecule has 0 spiro atoms. The van der Waals surface area contributed by atoms with Gasteiger partial charge in [0.2, 0.25) is 0 Å². The molecule has 2 aromatic heterocycles. The number of hydrogen-bond acceptors (Lipinski definition) is 7. The molecule has 0 bridgehead atoms. The van der Waals surface area contributed by atoms with Gasteiger partial charge in [-0.3, -0.25) is 0 Å². The predicted molar refractivity (Wildman–Crippen MR) is 141 cm³/mol. The van der Waals surface area contributed by atoms with Crippen molar-refractivity contribution in [2.45, 2.75) is 36.1 Å². The summed E-state index contributed by atoms with van der Waals surface area (Å²) in [5.41, 5.74) is 1.54. The Balaban J connectivity index is 1.60. The highest BCUT2D eigenvalue weighted by atomic mass is 32.2. The number of fused-ring (bicyclic) bond motifs is 1. The molecule has 1 aliphatic heterocycles. The van der Waals surface area contributed by atoms with E-state index in [1.807, 2.05) is 11.9 Å². The van der Waals surface area contributed by atoms with Gasteiger partial charge in [-0.2, -0.15) is 13.2 Å². The zero-order valence-electron chi connectivity index (χ0n) is 21.6. The number of alkyl halides is 4. The van der Waals surface area contributed by atoms with Crippen molar-refractivity contribution in [3.63, 3.8) is 0 Å². The van der Waals surface area contributed by atoms with Crippen molar-refractivity contribution in [2.75, 3.05) is 50.7 Å². The molecule has 1 fully saturated rings. The van der Waals surface area contributed by atoms with E-state index in [2.05, 4.69) is 27.5 Å². The van der Waals surface area contributed by atoms with E-state index in [0.717, 1.165) is 6.26 Å². The molecule has 0 saturated carbocycles. The van der Waals surface area contributed by atoms with Crippen LogP contribution in [0.25, 0.3) is 5.65 Å². The number of anilines is 2. The second kappa shape index (κ2) is 11.3. The van der Waals surface area contributed by atoms with Gasteiger partial charge in [0, 0.05) is 43.4 Å². The van der Waals surface area contributed by atoms with Crippen molar-refractivity contribution >= 4 is 26.9 Å². The van der Waals surface area contributed by atoms with E-state index in [0.29, 0.717) is 35.7 Å². The minimum absolute atomic E-state index is 0.0572. The number of halogens is 4. The molecule has 1 aliphatic rings. The molecular formula is C26H29F4N5O3S. The molecular weight excluding hydrogens is 538 g/mol. The van der Waals surface area contributed by atoms with Crippen molar-refractivity contribution in [1.82, 2.24) is 14.3 Å². The molecule has 3 heterocycles. The summed E-state index contributed by atoms with van der Waals surface area (Å²) >= 11 is 0. The van der Waals surface area contributed by atoms with Gasteiger partial charge in [0.05, 0.1) is 48.1 Å². The molecule has 4 rings (SSSR count). The molecule has 2 N–H and O–H groups in total. The van der Waals surface area contributed by atoms with Crippen molar-refractivity contribution in [1.29, 1.82) is 0 Å². The smallest absolute Gasteiger partial charge is 0.394 e. The highest BCUT2D eigenvalue weighted by Gasteiger charge is 2.31. The van der Waals surface area contributed by atoms with Gasteiger partial charge in [0.1, 0.15) is 11.9 Å². The summed E-state index contributed by atoms with van der Waals surface area (Å²) in [6, 6.07) is 5.55. The molecule has 0 amide bonds. The van der Waals surface area contributed by atoms with Gasteiger partial charge in [0.25, 0.3) is 0 Å². The van der Waals surface area contributed by atoms with Gasteiger partial charge in [0.15, 0.2) is 15.5 Å². The van der Waals surface area contributed by atoms with Gasteiger partial charge < -0.3 is 24.7 Å². The number of pyridine rings is 1. The number of methoxy groups -OCH3 is 1. The zero-order chi connectivity index (χ0) is 28.4. The maximum atomic E-state index is 14.7. The Hall–Kier alpha value is -3.50. The van der Waals surface area contributed by atoms with Gasteiger partial charge in [-0.1, -0.05) is 11.8 Å². The number of imidazole rings is 1. The van der Waals surface area contributed by atoms with Crippen molar-refractivity contribution in [3.8, 4) is 17.6 Å². The van der Waals surface area contributed by atoms with Crippen molar-refractivity contribution in [2.24, 2.45) is 0 Å². The fourth-order valence-corrected chi connectivity index (χ4v) is 5.04. The van der Waals surface area contributed by atoms with Crippen LogP contribution in [0.3, 0.4) is 0 Å². The Morgan fingerprint density at radius 1 is 1.23 bits per heavy atom. The summed E-state index contributed by atoms with van der Waals surface area (Å²) in [6.45, 7) is 1.07. The quantitative estimate of drug-likeness (QED) is 0.332.